The number of carboxylic acids is 1. The minimum Gasteiger partial charge on any atom is -0.477 e. The van der Waals surface area contributed by atoms with Gasteiger partial charge >= 0.3 is 5.97 Å². The molecule has 1 saturated heterocycles. The number of hydrogen-bond acceptors (Lipinski definition) is 5. The molecule has 3 rings (SSSR count). The van der Waals surface area contributed by atoms with E-state index in [-0.39, 0.29) is 23.9 Å². The van der Waals surface area contributed by atoms with Crippen LogP contribution in [0.5, 0.6) is 0 Å². The van der Waals surface area contributed by atoms with Crippen molar-refractivity contribution in [3.8, 4) is 0 Å². The quantitative estimate of drug-likeness (QED) is 0.605. The molecule has 10 heteroatoms. The molecule has 0 aromatic heterocycles. The van der Waals surface area contributed by atoms with E-state index in [9.17, 15) is 23.7 Å². The van der Waals surface area contributed by atoms with Crippen LogP contribution < -0.4 is 11.1 Å². The Balaban J connectivity index is 0.00000243. The number of aliphatic carboxylic acids is 1. The minimum atomic E-state index is -1.49. The van der Waals surface area contributed by atoms with E-state index in [1.165, 1.54) is 6.92 Å². The van der Waals surface area contributed by atoms with Crippen LogP contribution in [-0.4, -0.2) is 49.2 Å². The smallest absolute Gasteiger partial charge is 0.352 e. The van der Waals surface area contributed by atoms with Gasteiger partial charge in [-0.3, -0.25) is 18.7 Å². The summed E-state index contributed by atoms with van der Waals surface area (Å²) in [6, 6.07) is 6.62. The Bertz CT molecular complexity index is 813. The van der Waals surface area contributed by atoms with Crippen molar-refractivity contribution in [2.45, 2.75) is 24.4 Å². The number of amides is 2. The molecule has 8 nitrogen and oxygen atoms in total. The summed E-state index contributed by atoms with van der Waals surface area (Å²) < 4.78 is 12.3. The Morgan fingerprint density at radius 2 is 1.96 bits per heavy atom. The maximum absolute atomic E-state index is 12.3. The van der Waals surface area contributed by atoms with Crippen LogP contribution in [0.25, 0.3) is 0 Å². The monoisotopic (exact) mass is 399 g/mol. The first-order valence-electron chi connectivity index (χ1n) is 7.57. The van der Waals surface area contributed by atoms with Gasteiger partial charge < -0.3 is 16.2 Å². The minimum absolute atomic E-state index is 0. The molecule has 4 N–H and O–H groups in total. The topological polar surface area (TPSA) is 130 Å². The fraction of sp³-hybridized carbons (Fsp3) is 0.312. The molecule has 0 unspecified atom stereocenters. The van der Waals surface area contributed by atoms with E-state index in [0.717, 1.165) is 4.90 Å². The summed E-state index contributed by atoms with van der Waals surface area (Å²) in [5, 5.41) is 10.9. The van der Waals surface area contributed by atoms with E-state index in [1.807, 2.05) is 0 Å². The molecule has 140 valence electrons. The van der Waals surface area contributed by atoms with Crippen molar-refractivity contribution in [1.29, 1.82) is 0 Å². The summed E-state index contributed by atoms with van der Waals surface area (Å²) >= 11 is 0. The Morgan fingerprint density at radius 1 is 1.35 bits per heavy atom. The lowest BCUT2D eigenvalue weighted by Crippen LogP contribution is -2.73. The number of nitrogens with zero attached hydrogens (tertiary/aromatic N) is 1. The van der Waals surface area contributed by atoms with Crippen LogP contribution in [0.15, 0.2) is 41.6 Å². The second-order valence-corrected chi connectivity index (χ2v) is 7.47. The standard InChI is InChI=1S/C16H17N3O5S.ClH/c1-8-7-25(24)15-11(14(21)19(15)12(8)16(22)23)18-13(20)10(17)9-5-3-2-4-6-9;/h2-6,10-11,15H,7,17H2,1H3,(H,18,20)(H,22,23);1H/t10-,11-,15-,25-;/m1./s1. The van der Waals surface area contributed by atoms with Crippen molar-refractivity contribution >= 4 is 41.0 Å². The maximum Gasteiger partial charge on any atom is 0.352 e. The van der Waals surface area contributed by atoms with Gasteiger partial charge in [0.05, 0.1) is 10.8 Å². The fourth-order valence-corrected chi connectivity index (χ4v) is 4.68. The highest BCUT2D eigenvalue weighted by Crippen LogP contribution is 2.34. The van der Waals surface area contributed by atoms with Crippen LogP contribution in [-0.2, 0) is 25.2 Å². The number of carbonyl (C=O) groups is 3. The third-order valence-electron chi connectivity index (χ3n) is 4.26. The number of benzene rings is 1. The van der Waals surface area contributed by atoms with E-state index in [2.05, 4.69) is 5.32 Å². The van der Waals surface area contributed by atoms with E-state index < -0.39 is 46.0 Å². The lowest BCUT2D eigenvalue weighted by molar-refractivity contribution is -0.151. The molecule has 0 saturated carbocycles. The Hall–Kier alpha value is -2.23. The first-order chi connectivity index (χ1) is 11.8. The molecule has 1 aromatic rings. The normalized spacial score (nSPS) is 25.5. The highest BCUT2D eigenvalue weighted by atomic mass is 35.5. The second kappa shape index (κ2) is 7.56. The molecular weight excluding hydrogens is 382 g/mol. The molecule has 1 aromatic carbocycles. The van der Waals surface area contributed by atoms with Gasteiger partial charge in [0.2, 0.25) is 5.91 Å². The molecule has 4 atom stereocenters. The zero-order chi connectivity index (χ0) is 18.3. The predicted octanol–water partition coefficient (Wildman–Crippen LogP) is -0.118. The van der Waals surface area contributed by atoms with Crippen molar-refractivity contribution in [2.75, 3.05) is 5.75 Å². The van der Waals surface area contributed by atoms with Crippen LogP contribution in [0.1, 0.15) is 18.5 Å². The number of nitrogens with two attached hydrogens (primary N) is 1. The molecule has 0 spiro atoms. The highest BCUT2D eigenvalue weighted by molar-refractivity contribution is 7.86. The lowest BCUT2D eigenvalue weighted by atomic mass is 10.0. The zero-order valence-corrected chi connectivity index (χ0v) is 15.4. The molecular formula is C16H18ClN3O5S. The molecule has 2 aliphatic rings. The number of carboxylic acid groups (broad SMARTS) is 1. The predicted molar refractivity (Wildman–Crippen MR) is 96.5 cm³/mol. The summed E-state index contributed by atoms with van der Waals surface area (Å²) in [5.41, 5.74) is 6.69. The molecule has 2 amide bonds. The summed E-state index contributed by atoms with van der Waals surface area (Å²) in [7, 11) is -1.49. The highest BCUT2D eigenvalue weighted by Gasteiger charge is 2.56. The lowest BCUT2D eigenvalue weighted by Gasteiger charge is -2.49. The first kappa shape index (κ1) is 20.1. The van der Waals surface area contributed by atoms with Crippen molar-refractivity contribution in [2.24, 2.45) is 5.73 Å². The fourth-order valence-electron chi connectivity index (χ4n) is 3.02. The third-order valence-corrected chi connectivity index (χ3v) is 6.00. The van der Waals surface area contributed by atoms with Crippen LogP contribution in [0, 0.1) is 0 Å². The summed E-state index contributed by atoms with van der Waals surface area (Å²) in [6.07, 6.45) is 0. The molecule has 0 radical (unpaired) electrons. The van der Waals surface area contributed by atoms with Gasteiger partial charge in [-0.05, 0) is 18.1 Å². The van der Waals surface area contributed by atoms with Gasteiger partial charge in [0.1, 0.15) is 23.2 Å². The largest absolute Gasteiger partial charge is 0.477 e. The SMILES string of the molecule is CC1=C(C(=O)O)N2C(=O)[C@@H](NC(=O)[C@H](N)c3ccccc3)[C@H]2[S@](=O)C1.Cl. The van der Waals surface area contributed by atoms with E-state index in [1.54, 1.807) is 30.3 Å². The van der Waals surface area contributed by atoms with Crippen molar-refractivity contribution < 1.29 is 23.7 Å². The maximum atomic E-state index is 12.3. The molecule has 2 aliphatic heterocycles. The van der Waals surface area contributed by atoms with Crippen LogP contribution >= 0.6 is 12.4 Å². The van der Waals surface area contributed by atoms with Gasteiger partial charge in [-0.25, -0.2) is 4.79 Å². The van der Waals surface area contributed by atoms with Crippen LogP contribution in [0.3, 0.4) is 0 Å². The number of rotatable bonds is 4. The molecule has 0 aliphatic carbocycles. The van der Waals surface area contributed by atoms with E-state index in [0.29, 0.717) is 11.1 Å². The van der Waals surface area contributed by atoms with Gasteiger partial charge in [-0.1, -0.05) is 30.3 Å². The molecule has 26 heavy (non-hydrogen) atoms. The van der Waals surface area contributed by atoms with E-state index >= 15 is 0 Å². The number of carbonyl (C=O) groups excluding carboxylic acids is 2. The average molecular weight is 400 g/mol. The Morgan fingerprint density at radius 3 is 2.54 bits per heavy atom. The zero-order valence-electron chi connectivity index (χ0n) is 13.7. The van der Waals surface area contributed by atoms with Crippen molar-refractivity contribution in [3.05, 3.63) is 47.2 Å². The molecule has 0 bridgehead atoms. The molecule has 1 fully saturated rings. The Kier molecular flexibility index (Phi) is 5.84. The van der Waals surface area contributed by atoms with Gasteiger partial charge in [-0.15, -0.1) is 12.4 Å². The van der Waals surface area contributed by atoms with Gasteiger partial charge in [0, 0.05) is 5.75 Å². The summed E-state index contributed by atoms with van der Waals surface area (Å²) in [6.45, 7) is 1.53. The summed E-state index contributed by atoms with van der Waals surface area (Å²) in [4.78, 5) is 37.0. The average Bonchev–Trinajstić information content (AvgIpc) is 2.58. The first-order valence-corrected chi connectivity index (χ1v) is 8.95. The van der Waals surface area contributed by atoms with E-state index in [4.69, 9.17) is 5.73 Å². The van der Waals surface area contributed by atoms with Crippen LogP contribution in [0.2, 0.25) is 0 Å². The van der Waals surface area contributed by atoms with Crippen LogP contribution in [0.4, 0.5) is 0 Å². The number of hydrogen-bond donors (Lipinski definition) is 3. The van der Waals surface area contributed by atoms with Gasteiger partial charge in [0.15, 0.2) is 0 Å². The van der Waals surface area contributed by atoms with Gasteiger partial charge in [0.25, 0.3) is 5.91 Å². The summed E-state index contributed by atoms with van der Waals surface area (Å²) in [5.74, 6) is -2.38. The third kappa shape index (κ3) is 3.25. The van der Waals surface area contributed by atoms with Crippen molar-refractivity contribution in [3.63, 3.8) is 0 Å². The number of β-lactam (4-membered cyclic amide) rings is 1. The Labute approximate surface area is 158 Å². The van der Waals surface area contributed by atoms with Gasteiger partial charge in [-0.2, -0.15) is 0 Å². The number of nitrogens with one attached hydrogen (secondary N) is 1. The molecule has 2 heterocycles. The van der Waals surface area contributed by atoms with Crippen molar-refractivity contribution in [1.82, 2.24) is 10.2 Å². The second-order valence-electron chi connectivity index (χ2n) is 5.93. The number of fused-ring (bicyclic) bond motifs is 1. The number of halogens is 1.